The quantitative estimate of drug-likeness (QED) is 0.597. The lowest BCUT2D eigenvalue weighted by Crippen LogP contribution is -2.47. The fourth-order valence-corrected chi connectivity index (χ4v) is 2.37. The van der Waals surface area contributed by atoms with Crippen LogP contribution in [0.5, 0.6) is 11.5 Å². The standard InChI is InChI=1S/C21H19FN2O5/c1-14(29-18-9-7-16(22)8-10-18)20(25)23-24-21(26)19-15(11-12-27-19)13-28-17-5-3-2-4-6-17/h2-12,14H,13H2,1H3,(H,23,25)(H,24,26). The second kappa shape index (κ2) is 9.41. The van der Waals surface area contributed by atoms with E-state index in [1.54, 1.807) is 18.2 Å². The number of carbonyl (C=O) groups is 2. The van der Waals surface area contributed by atoms with Crippen molar-refractivity contribution in [3.8, 4) is 11.5 Å². The number of hydrogen-bond acceptors (Lipinski definition) is 5. The van der Waals surface area contributed by atoms with E-state index in [9.17, 15) is 14.0 Å². The molecule has 0 aliphatic carbocycles. The number of carbonyl (C=O) groups excluding carboxylic acids is 2. The summed E-state index contributed by atoms with van der Waals surface area (Å²) in [5.74, 6) is -0.632. The van der Waals surface area contributed by atoms with Crippen molar-refractivity contribution < 1.29 is 27.9 Å². The summed E-state index contributed by atoms with van der Waals surface area (Å²) < 4.78 is 29.1. The van der Waals surface area contributed by atoms with Gasteiger partial charge in [0.2, 0.25) is 0 Å². The van der Waals surface area contributed by atoms with Crippen LogP contribution in [0.15, 0.2) is 71.3 Å². The molecule has 0 spiro atoms. The molecule has 150 valence electrons. The van der Waals surface area contributed by atoms with E-state index in [0.717, 1.165) is 0 Å². The highest BCUT2D eigenvalue weighted by molar-refractivity contribution is 5.94. The van der Waals surface area contributed by atoms with E-state index in [0.29, 0.717) is 17.1 Å². The van der Waals surface area contributed by atoms with E-state index in [-0.39, 0.29) is 12.4 Å². The number of nitrogens with one attached hydrogen (secondary N) is 2. The van der Waals surface area contributed by atoms with Crippen molar-refractivity contribution >= 4 is 11.8 Å². The molecule has 0 aliphatic heterocycles. The summed E-state index contributed by atoms with van der Waals surface area (Å²) in [5, 5.41) is 0. The number of ether oxygens (including phenoxy) is 2. The molecule has 0 bridgehead atoms. The average Bonchev–Trinajstić information content (AvgIpc) is 3.21. The molecule has 0 fully saturated rings. The minimum atomic E-state index is -0.918. The maximum atomic E-state index is 12.9. The zero-order valence-corrected chi connectivity index (χ0v) is 15.6. The van der Waals surface area contributed by atoms with Crippen LogP contribution in [0.1, 0.15) is 23.0 Å². The van der Waals surface area contributed by atoms with Gasteiger partial charge in [0.15, 0.2) is 11.9 Å². The Hall–Kier alpha value is -3.81. The van der Waals surface area contributed by atoms with Crippen LogP contribution in [0.4, 0.5) is 4.39 Å². The van der Waals surface area contributed by atoms with Crippen molar-refractivity contribution in [2.24, 2.45) is 0 Å². The molecule has 0 radical (unpaired) electrons. The third-order valence-corrected chi connectivity index (χ3v) is 3.89. The normalized spacial score (nSPS) is 11.4. The Morgan fingerprint density at radius 3 is 2.45 bits per heavy atom. The smallest absolute Gasteiger partial charge is 0.305 e. The van der Waals surface area contributed by atoms with Gasteiger partial charge in [0.25, 0.3) is 5.91 Å². The van der Waals surface area contributed by atoms with E-state index in [4.69, 9.17) is 13.9 Å². The first-order valence-electron chi connectivity index (χ1n) is 8.79. The fraction of sp³-hybridized carbons (Fsp3) is 0.143. The molecule has 1 aromatic heterocycles. The van der Waals surface area contributed by atoms with Crippen molar-refractivity contribution in [2.45, 2.75) is 19.6 Å². The minimum absolute atomic E-state index is 0.0216. The Balaban J connectivity index is 1.50. The lowest BCUT2D eigenvalue weighted by atomic mass is 10.2. The Kier molecular flexibility index (Phi) is 6.47. The lowest BCUT2D eigenvalue weighted by Gasteiger charge is -2.15. The molecular formula is C21H19FN2O5. The Morgan fingerprint density at radius 2 is 1.72 bits per heavy atom. The molecule has 29 heavy (non-hydrogen) atoms. The van der Waals surface area contributed by atoms with Crippen LogP contribution < -0.4 is 20.3 Å². The van der Waals surface area contributed by atoms with E-state index >= 15 is 0 Å². The van der Waals surface area contributed by atoms with Gasteiger partial charge in [0, 0.05) is 5.56 Å². The van der Waals surface area contributed by atoms with Crippen molar-refractivity contribution in [3.05, 3.63) is 84.1 Å². The van der Waals surface area contributed by atoms with Gasteiger partial charge < -0.3 is 13.9 Å². The van der Waals surface area contributed by atoms with E-state index < -0.39 is 23.7 Å². The van der Waals surface area contributed by atoms with E-state index in [2.05, 4.69) is 10.9 Å². The first-order valence-corrected chi connectivity index (χ1v) is 8.79. The zero-order chi connectivity index (χ0) is 20.6. The molecule has 2 aromatic carbocycles. The number of benzene rings is 2. The first-order chi connectivity index (χ1) is 14.0. The van der Waals surface area contributed by atoms with Gasteiger partial charge in [-0.25, -0.2) is 4.39 Å². The average molecular weight is 398 g/mol. The summed E-state index contributed by atoms with van der Waals surface area (Å²) in [6.07, 6.45) is 0.444. The number of para-hydroxylation sites is 1. The van der Waals surface area contributed by atoms with Crippen molar-refractivity contribution in [1.29, 1.82) is 0 Å². The van der Waals surface area contributed by atoms with Gasteiger partial charge in [-0.05, 0) is 49.4 Å². The predicted molar refractivity (Wildman–Crippen MR) is 102 cm³/mol. The van der Waals surface area contributed by atoms with Gasteiger partial charge in [-0.2, -0.15) is 0 Å². The maximum Gasteiger partial charge on any atom is 0.305 e. The third kappa shape index (κ3) is 5.58. The van der Waals surface area contributed by atoms with E-state index in [1.165, 1.54) is 37.5 Å². The highest BCUT2D eigenvalue weighted by atomic mass is 19.1. The van der Waals surface area contributed by atoms with Gasteiger partial charge in [-0.1, -0.05) is 18.2 Å². The molecule has 3 aromatic rings. The topological polar surface area (TPSA) is 89.8 Å². The van der Waals surface area contributed by atoms with Gasteiger partial charge in [-0.3, -0.25) is 20.4 Å². The van der Waals surface area contributed by atoms with Crippen molar-refractivity contribution in [3.63, 3.8) is 0 Å². The highest BCUT2D eigenvalue weighted by Gasteiger charge is 2.19. The lowest BCUT2D eigenvalue weighted by molar-refractivity contribution is -0.128. The Morgan fingerprint density at radius 1 is 1.00 bits per heavy atom. The van der Waals surface area contributed by atoms with Crippen LogP contribution in [0, 0.1) is 5.82 Å². The van der Waals surface area contributed by atoms with Crippen LogP contribution in [0.2, 0.25) is 0 Å². The number of halogens is 1. The molecule has 8 heteroatoms. The monoisotopic (exact) mass is 398 g/mol. The number of furan rings is 1. The summed E-state index contributed by atoms with van der Waals surface area (Å²) in [5.41, 5.74) is 5.06. The van der Waals surface area contributed by atoms with Gasteiger partial charge in [-0.15, -0.1) is 0 Å². The first kappa shape index (κ1) is 19.9. The molecule has 1 unspecified atom stereocenters. The van der Waals surface area contributed by atoms with Crippen LogP contribution in [-0.2, 0) is 11.4 Å². The summed E-state index contributed by atoms with van der Waals surface area (Å²) >= 11 is 0. The molecular weight excluding hydrogens is 379 g/mol. The van der Waals surface area contributed by atoms with Crippen molar-refractivity contribution in [2.75, 3.05) is 0 Å². The largest absolute Gasteiger partial charge is 0.489 e. The second-order valence-corrected chi connectivity index (χ2v) is 6.03. The van der Waals surface area contributed by atoms with Gasteiger partial charge >= 0.3 is 5.91 Å². The number of rotatable bonds is 7. The summed E-state index contributed by atoms with van der Waals surface area (Å²) in [7, 11) is 0. The SMILES string of the molecule is CC(Oc1ccc(F)cc1)C(=O)NNC(=O)c1occc1COc1ccccc1. The number of amides is 2. The van der Waals surface area contributed by atoms with Gasteiger partial charge in [0.05, 0.1) is 6.26 Å². The summed E-state index contributed by atoms with van der Waals surface area (Å²) in [6, 6.07) is 16.0. The van der Waals surface area contributed by atoms with Crippen LogP contribution >= 0.6 is 0 Å². The predicted octanol–water partition coefficient (Wildman–Crippen LogP) is 3.23. The number of hydrogen-bond donors (Lipinski definition) is 2. The Bertz CT molecular complexity index is 957. The second-order valence-electron chi connectivity index (χ2n) is 6.03. The third-order valence-electron chi connectivity index (χ3n) is 3.89. The molecule has 0 saturated heterocycles. The summed E-state index contributed by atoms with van der Waals surface area (Å²) in [6.45, 7) is 1.62. The minimum Gasteiger partial charge on any atom is -0.489 e. The molecule has 2 amide bonds. The summed E-state index contributed by atoms with van der Waals surface area (Å²) in [4.78, 5) is 24.4. The van der Waals surface area contributed by atoms with Crippen LogP contribution in [0.3, 0.4) is 0 Å². The molecule has 1 atom stereocenters. The molecule has 7 nitrogen and oxygen atoms in total. The van der Waals surface area contributed by atoms with E-state index in [1.807, 2.05) is 18.2 Å². The molecule has 0 aliphatic rings. The zero-order valence-electron chi connectivity index (χ0n) is 15.6. The van der Waals surface area contributed by atoms with Crippen LogP contribution in [-0.4, -0.2) is 17.9 Å². The highest BCUT2D eigenvalue weighted by Crippen LogP contribution is 2.16. The fourth-order valence-electron chi connectivity index (χ4n) is 2.37. The molecule has 3 rings (SSSR count). The molecule has 1 heterocycles. The maximum absolute atomic E-state index is 12.9. The number of hydrazine groups is 1. The van der Waals surface area contributed by atoms with Crippen LogP contribution in [0.25, 0.3) is 0 Å². The molecule has 0 saturated carbocycles. The Labute approximate surface area is 166 Å². The van der Waals surface area contributed by atoms with Crippen molar-refractivity contribution in [1.82, 2.24) is 10.9 Å². The van der Waals surface area contributed by atoms with Gasteiger partial charge in [0.1, 0.15) is 23.9 Å². The molecule has 2 N–H and O–H groups in total.